The predicted molar refractivity (Wildman–Crippen MR) is 56.1 cm³/mol. The first-order chi connectivity index (χ1) is 6.84. The van der Waals surface area contributed by atoms with Gasteiger partial charge in [-0.1, -0.05) is 0 Å². The third-order valence-electron chi connectivity index (χ3n) is 4.02. The van der Waals surface area contributed by atoms with Gasteiger partial charge in [-0.25, -0.2) is 0 Å². The van der Waals surface area contributed by atoms with Crippen molar-refractivity contribution in [3.8, 4) is 0 Å². The molecule has 0 bridgehead atoms. The molecule has 80 valence electrons. The third kappa shape index (κ3) is 1.82. The van der Waals surface area contributed by atoms with Crippen molar-refractivity contribution >= 4 is 0 Å². The second-order valence-corrected chi connectivity index (χ2v) is 5.37. The fourth-order valence-electron chi connectivity index (χ4n) is 3.00. The molecule has 3 aliphatic carbocycles. The molecular weight excluding hydrogens is 174 g/mol. The van der Waals surface area contributed by atoms with Crippen LogP contribution >= 0.6 is 0 Å². The topological polar surface area (TPSA) is 23.5 Å². The highest BCUT2D eigenvalue weighted by molar-refractivity contribution is 4.98. The van der Waals surface area contributed by atoms with Gasteiger partial charge in [-0.3, -0.25) is 4.90 Å². The van der Waals surface area contributed by atoms with E-state index in [2.05, 4.69) is 4.90 Å². The Morgan fingerprint density at radius 3 is 1.36 bits per heavy atom. The van der Waals surface area contributed by atoms with Crippen LogP contribution in [0.4, 0.5) is 0 Å². The smallest absolute Gasteiger partial charge is 0.0541 e. The van der Waals surface area contributed by atoms with Crippen molar-refractivity contribution in [3.63, 3.8) is 0 Å². The lowest BCUT2D eigenvalue weighted by molar-refractivity contribution is 0.0660. The highest BCUT2D eigenvalue weighted by Gasteiger charge is 2.43. The van der Waals surface area contributed by atoms with Gasteiger partial charge in [0.25, 0.3) is 0 Å². The van der Waals surface area contributed by atoms with Crippen LogP contribution in [0.25, 0.3) is 0 Å². The summed E-state index contributed by atoms with van der Waals surface area (Å²) < 4.78 is 0. The van der Waals surface area contributed by atoms with Gasteiger partial charge in [-0.2, -0.15) is 0 Å². The van der Waals surface area contributed by atoms with Crippen LogP contribution in [0.5, 0.6) is 0 Å². The van der Waals surface area contributed by atoms with E-state index in [0.29, 0.717) is 0 Å². The molecule has 14 heavy (non-hydrogen) atoms. The lowest BCUT2D eigenvalue weighted by atomic mass is 9.91. The Kier molecular flexibility index (Phi) is 2.29. The molecule has 0 unspecified atom stereocenters. The van der Waals surface area contributed by atoms with Gasteiger partial charge in [-0.15, -0.1) is 0 Å². The van der Waals surface area contributed by atoms with E-state index in [4.69, 9.17) is 0 Å². The van der Waals surface area contributed by atoms with Gasteiger partial charge in [0.15, 0.2) is 0 Å². The Morgan fingerprint density at radius 2 is 1.00 bits per heavy atom. The molecule has 0 atom stereocenters. The molecule has 2 nitrogen and oxygen atoms in total. The summed E-state index contributed by atoms with van der Waals surface area (Å²) in [6.07, 6.45) is 10.3. The fraction of sp³-hybridized carbons (Fsp3) is 1.00. The summed E-state index contributed by atoms with van der Waals surface area (Å²) >= 11 is 0. The average Bonchev–Trinajstić information content (AvgIpc) is 3.00. The Labute approximate surface area is 86.3 Å². The summed E-state index contributed by atoms with van der Waals surface area (Å²) in [6, 6.07) is 2.68. The van der Waals surface area contributed by atoms with E-state index < -0.39 is 0 Å². The maximum atomic E-state index is 9.50. The van der Waals surface area contributed by atoms with Gasteiger partial charge in [0.05, 0.1) is 6.10 Å². The monoisotopic (exact) mass is 195 g/mol. The Hall–Kier alpha value is -0.0800. The minimum absolute atomic E-state index is 0.00602. The summed E-state index contributed by atoms with van der Waals surface area (Å²) in [7, 11) is 0. The SMILES string of the molecule is OC1CCC(N(C2CC2)C2CC2)CC1. The van der Waals surface area contributed by atoms with E-state index in [9.17, 15) is 5.11 Å². The zero-order valence-electron chi connectivity index (χ0n) is 8.86. The Bertz CT molecular complexity index is 190. The summed E-state index contributed by atoms with van der Waals surface area (Å²) in [6.45, 7) is 0. The molecule has 3 rings (SSSR count). The maximum absolute atomic E-state index is 9.50. The van der Waals surface area contributed by atoms with Gasteiger partial charge >= 0.3 is 0 Å². The molecule has 2 heteroatoms. The molecular formula is C12H21NO. The summed E-state index contributed by atoms with van der Waals surface area (Å²) in [5.74, 6) is 0. The van der Waals surface area contributed by atoms with Crippen molar-refractivity contribution in [2.24, 2.45) is 0 Å². The fourth-order valence-corrected chi connectivity index (χ4v) is 3.00. The lowest BCUT2D eigenvalue weighted by Crippen LogP contribution is -2.41. The number of hydrogen-bond acceptors (Lipinski definition) is 2. The Morgan fingerprint density at radius 1 is 0.643 bits per heavy atom. The van der Waals surface area contributed by atoms with Crippen LogP contribution in [-0.4, -0.2) is 34.2 Å². The normalized spacial score (nSPS) is 39.0. The molecule has 3 aliphatic rings. The second-order valence-electron chi connectivity index (χ2n) is 5.37. The second kappa shape index (κ2) is 3.49. The minimum Gasteiger partial charge on any atom is -0.393 e. The number of rotatable bonds is 3. The van der Waals surface area contributed by atoms with Crippen molar-refractivity contribution in [2.45, 2.75) is 75.6 Å². The molecule has 0 amide bonds. The summed E-state index contributed by atoms with van der Waals surface area (Å²) in [4.78, 5) is 2.81. The number of nitrogens with zero attached hydrogens (tertiary/aromatic N) is 1. The first-order valence-electron chi connectivity index (χ1n) is 6.30. The molecule has 0 aromatic carbocycles. The predicted octanol–water partition coefficient (Wildman–Crippen LogP) is 1.92. The van der Waals surface area contributed by atoms with Crippen LogP contribution in [0.3, 0.4) is 0 Å². The highest BCUT2D eigenvalue weighted by atomic mass is 16.3. The van der Waals surface area contributed by atoms with Gasteiger partial charge in [0.2, 0.25) is 0 Å². The van der Waals surface area contributed by atoms with E-state index in [1.807, 2.05) is 0 Å². The lowest BCUT2D eigenvalue weighted by Gasteiger charge is -2.36. The third-order valence-corrected chi connectivity index (χ3v) is 4.02. The van der Waals surface area contributed by atoms with Gasteiger partial charge < -0.3 is 5.11 Å². The van der Waals surface area contributed by atoms with E-state index in [1.165, 1.54) is 38.5 Å². The first kappa shape index (κ1) is 9.17. The van der Waals surface area contributed by atoms with E-state index in [0.717, 1.165) is 31.0 Å². The summed E-state index contributed by atoms with van der Waals surface area (Å²) in [5, 5.41) is 9.50. The van der Waals surface area contributed by atoms with Crippen molar-refractivity contribution in [1.29, 1.82) is 0 Å². The number of aliphatic hydroxyl groups is 1. The molecule has 0 saturated heterocycles. The maximum Gasteiger partial charge on any atom is 0.0541 e. The quantitative estimate of drug-likeness (QED) is 0.743. The molecule has 1 N–H and O–H groups in total. The van der Waals surface area contributed by atoms with Crippen LogP contribution in [0.15, 0.2) is 0 Å². The molecule has 3 fully saturated rings. The van der Waals surface area contributed by atoms with E-state index >= 15 is 0 Å². The van der Waals surface area contributed by atoms with Gasteiger partial charge in [0.1, 0.15) is 0 Å². The van der Waals surface area contributed by atoms with E-state index in [1.54, 1.807) is 0 Å². The van der Waals surface area contributed by atoms with Crippen molar-refractivity contribution < 1.29 is 5.11 Å². The molecule has 0 aliphatic heterocycles. The van der Waals surface area contributed by atoms with E-state index in [-0.39, 0.29) is 6.10 Å². The van der Waals surface area contributed by atoms with Crippen molar-refractivity contribution in [2.75, 3.05) is 0 Å². The largest absolute Gasteiger partial charge is 0.393 e. The van der Waals surface area contributed by atoms with Crippen LogP contribution in [0, 0.1) is 0 Å². The van der Waals surface area contributed by atoms with Gasteiger partial charge in [-0.05, 0) is 51.4 Å². The highest BCUT2D eigenvalue weighted by Crippen LogP contribution is 2.41. The molecule has 0 aromatic heterocycles. The molecule has 0 aromatic rings. The number of hydrogen-bond donors (Lipinski definition) is 1. The first-order valence-corrected chi connectivity index (χ1v) is 6.30. The van der Waals surface area contributed by atoms with Gasteiger partial charge in [0, 0.05) is 18.1 Å². The molecule has 0 heterocycles. The Balaban J connectivity index is 1.61. The van der Waals surface area contributed by atoms with Crippen LogP contribution < -0.4 is 0 Å². The van der Waals surface area contributed by atoms with Crippen LogP contribution in [0.2, 0.25) is 0 Å². The van der Waals surface area contributed by atoms with Crippen LogP contribution in [-0.2, 0) is 0 Å². The zero-order chi connectivity index (χ0) is 9.54. The molecule has 0 spiro atoms. The zero-order valence-corrected chi connectivity index (χ0v) is 8.86. The average molecular weight is 195 g/mol. The number of aliphatic hydroxyl groups excluding tert-OH is 1. The van der Waals surface area contributed by atoms with Crippen molar-refractivity contribution in [1.82, 2.24) is 4.90 Å². The molecule has 0 radical (unpaired) electrons. The van der Waals surface area contributed by atoms with Crippen LogP contribution in [0.1, 0.15) is 51.4 Å². The van der Waals surface area contributed by atoms with Crippen molar-refractivity contribution in [3.05, 3.63) is 0 Å². The standard InChI is InChI=1S/C12H21NO/c14-12-7-5-11(6-8-12)13(9-1-2-9)10-3-4-10/h9-12,14H,1-8H2. The summed E-state index contributed by atoms with van der Waals surface area (Å²) in [5.41, 5.74) is 0. The molecule has 3 saturated carbocycles. The minimum atomic E-state index is 0.00602.